The molecular weight excluding hydrogens is 360 g/mol. The molecule has 6 heteroatoms. The predicted molar refractivity (Wildman–Crippen MR) is 110 cm³/mol. The van der Waals surface area contributed by atoms with E-state index in [1.165, 1.54) is 0 Å². The summed E-state index contributed by atoms with van der Waals surface area (Å²) in [6.45, 7) is 4.95. The standard InChI is InChI=1S/C20H26O6.C2H6/c1-21-10-11-26-20(14-6-8-16(22-2)18(12-14)24-4)15-7-9-17(23-3)19(13-15)25-5;1-2/h6-9,12-13,20H,10-11H2,1-5H3;1-2H3. The molecule has 156 valence electrons. The van der Waals surface area contributed by atoms with Crippen LogP contribution in [0, 0.1) is 0 Å². The quantitative estimate of drug-likeness (QED) is 0.555. The topological polar surface area (TPSA) is 55.4 Å². The van der Waals surface area contributed by atoms with Crippen LogP contribution in [0.2, 0.25) is 0 Å². The molecule has 0 radical (unpaired) electrons. The van der Waals surface area contributed by atoms with Crippen LogP contribution in [0.3, 0.4) is 0 Å². The van der Waals surface area contributed by atoms with Gasteiger partial charge >= 0.3 is 0 Å². The predicted octanol–water partition coefficient (Wildman–Crippen LogP) is 4.50. The van der Waals surface area contributed by atoms with E-state index >= 15 is 0 Å². The second-order valence-corrected chi connectivity index (χ2v) is 5.47. The van der Waals surface area contributed by atoms with Gasteiger partial charge in [0, 0.05) is 7.11 Å². The maximum Gasteiger partial charge on any atom is 0.161 e. The lowest BCUT2D eigenvalue weighted by molar-refractivity contribution is 0.0354. The van der Waals surface area contributed by atoms with E-state index in [4.69, 9.17) is 28.4 Å². The molecule has 0 aromatic heterocycles. The smallest absolute Gasteiger partial charge is 0.161 e. The van der Waals surface area contributed by atoms with Crippen LogP contribution in [-0.2, 0) is 9.47 Å². The third kappa shape index (κ3) is 6.04. The highest BCUT2D eigenvalue weighted by Gasteiger charge is 2.19. The number of hydrogen-bond donors (Lipinski definition) is 0. The van der Waals surface area contributed by atoms with Gasteiger partial charge in [-0.05, 0) is 35.4 Å². The molecular formula is C22H32O6. The molecule has 0 aliphatic carbocycles. The van der Waals surface area contributed by atoms with Gasteiger partial charge in [-0.3, -0.25) is 0 Å². The number of benzene rings is 2. The lowest BCUT2D eigenvalue weighted by atomic mass is 10.00. The molecule has 0 amide bonds. The Morgan fingerprint density at radius 2 is 1.04 bits per heavy atom. The molecule has 0 bridgehead atoms. The summed E-state index contributed by atoms with van der Waals surface area (Å²) in [6, 6.07) is 11.5. The molecule has 6 nitrogen and oxygen atoms in total. The average Bonchev–Trinajstić information content (AvgIpc) is 2.77. The van der Waals surface area contributed by atoms with Crippen molar-refractivity contribution in [3.05, 3.63) is 47.5 Å². The van der Waals surface area contributed by atoms with Crippen molar-refractivity contribution in [1.82, 2.24) is 0 Å². The fraction of sp³-hybridized carbons (Fsp3) is 0.455. The number of methoxy groups -OCH3 is 5. The summed E-state index contributed by atoms with van der Waals surface area (Å²) in [5.74, 6) is 2.62. The van der Waals surface area contributed by atoms with Crippen LogP contribution in [0.15, 0.2) is 36.4 Å². The summed E-state index contributed by atoms with van der Waals surface area (Å²) in [6.07, 6.45) is -0.315. The molecule has 0 saturated carbocycles. The third-order valence-corrected chi connectivity index (χ3v) is 3.99. The van der Waals surface area contributed by atoms with Crippen LogP contribution in [0.1, 0.15) is 31.1 Å². The van der Waals surface area contributed by atoms with Crippen molar-refractivity contribution in [1.29, 1.82) is 0 Å². The molecule has 0 atom stereocenters. The molecule has 2 aromatic rings. The minimum absolute atomic E-state index is 0.315. The molecule has 0 fully saturated rings. The van der Waals surface area contributed by atoms with E-state index in [1.54, 1.807) is 35.5 Å². The van der Waals surface area contributed by atoms with Crippen LogP contribution in [0.5, 0.6) is 23.0 Å². The number of ether oxygens (including phenoxy) is 6. The van der Waals surface area contributed by atoms with E-state index < -0.39 is 0 Å². The molecule has 0 aliphatic rings. The van der Waals surface area contributed by atoms with Crippen molar-refractivity contribution in [2.45, 2.75) is 20.0 Å². The van der Waals surface area contributed by atoms with Crippen molar-refractivity contribution in [2.75, 3.05) is 48.8 Å². The average molecular weight is 392 g/mol. The van der Waals surface area contributed by atoms with E-state index in [2.05, 4.69) is 0 Å². The van der Waals surface area contributed by atoms with E-state index in [1.807, 2.05) is 50.2 Å². The maximum absolute atomic E-state index is 6.08. The third-order valence-electron chi connectivity index (χ3n) is 3.99. The molecule has 0 heterocycles. The zero-order chi connectivity index (χ0) is 20.9. The van der Waals surface area contributed by atoms with Gasteiger partial charge in [-0.15, -0.1) is 0 Å². The first-order valence-corrected chi connectivity index (χ1v) is 9.22. The molecule has 28 heavy (non-hydrogen) atoms. The summed E-state index contributed by atoms with van der Waals surface area (Å²) in [5, 5.41) is 0. The van der Waals surface area contributed by atoms with Gasteiger partial charge in [0.25, 0.3) is 0 Å². The fourth-order valence-corrected chi connectivity index (χ4v) is 2.67. The van der Waals surface area contributed by atoms with E-state index in [9.17, 15) is 0 Å². The molecule has 0 unspecified atom stereocenters. The minimum atomic E-state index is -0.315. The van der Waals surface area contributed by atoms with Crippen molar-refractivity contribution >= 4 is 0 Å². The van der Waals surface area contributed by atoms with Crippen LogP contribution in [0.4, 0.5) is 0 Å². The van der Waals surface area contributed by atoms with Gasteiger partial charge in [0.2, 0.25) is 0 Å². The van der Waals surface area contributed by atoms with Gasteiger partial charge in [-0.1, -0.05) is 26.0 Å². The number of rotatable bonds is 10. The Morgan fingerprint density at radius 3 is 1.39 bits per heavy atom. The first kappa shape index (κ1) is 23.6. The Labute approximate surface area is 168 Å². The molecule has 0 aliphatic heterocycles. The normalized spacial score (nSPS) is 10.1. The highest BCUT2D eigenvalue weighted by molar-refractivity contribution is 5.48. The highest BCUT2D eigenvalue weighted by Crippen LogP contribution is 2.37. The van der Waals surface area contributed by atoms with Gasteiger partial charge in [0.05, 0.1) is 41.7 Å². The summed E-state index contributed by atoms with van der Waals surface area (Å²) in [5.41, 5.74) is 1.87. The van der Waals surface area contributed by atoms with Crippen LogP contribution < -0.4 is 18.9 Å². The molecule has 0 spiro atoms. The summed E-state index contributed by atoms with van der Waals surface area (Å²) in [7, 11) is 8.08. The minimum Gasteiger partial charge on any atom is -0.493 e. The van der Waals surface area contributed by atoms with Gasteiger partial charge in [-0.25, -0.2) is 0 Å². The van der Waals surface area contributed by atoms with Crippen molar-refractivity contribution in [2.24, 2.45) is 0 Å². The van der Waals surface area contributed by atoms with Crippen molar-refractivity contribution < 1.29 is 28.4 Å². The van der Waals surface area contributed by atoms with Crippen molar-refractivity contribution in [3.63, 3.8) is 0 Å². The molecule has 2 aromatic carbocycles. The maximum atomic E-state index is 6.08. The fourth-order valence-electron chi connectivity index (χ4n) is 2.67. The second kappa shape index (κ2) is 12.9. The van der Waals surface area contributed by atoms with E-state index in [-0.39, 0.29) is 6.10 Å². The van der Waals surface area contributed by atoms with Gasteiger partial charge in [-0.2, -0.15) is 0 Å². The Kier molecular flexibility index (Phi) is 10.8. The molecule has 0 N–H and O–H groups in total. The Morgan fingerprint density at radius 1 is 0.607 bits per heavy atom. The summed E-state index contributed by atoms with van der Waals surface area (Å²) < 4.78 is 32.7. The Balaban J connectivity index is 0.00000190. The SMILES string of the molecule is CC.COCCOC(c1ccc(OC)c(OC)c1)c1ccc(OC)c(OC)c1. The van der Waals surface area contributed by atoms with Gasteiger partial charge in [0.15, 0.2) is 23.0 Å². The second-order valence-electron chi connectivity index (χ2n) is 5.47. The Hall–Kier alpha value is -2.44. The molecule has 0 saturated heterocycles. The largest absolute Gasteiger partial charge is 0.493 e. The van der Waals surface area contributed by atoms with E-state index in [0.717, 1.165) is 11.1 Å². The lowest BCUT2D eigenvalue weighted by Crippen LogP contribution is -2.11. The zero-order valence-corrected chi connectivity index (χ0v) is 17.9. The molecule has 2 rings (SSSR count). The van der Waals surface area contributed by atoms with E-state index in [0.29, 0.717) is 36.2 Å². The van der Waals surface area contributed by atoms with Crippen LogP contribution in [0.25, 0.3) is 0 Å². The Bertz CT molecular complexity index is 646. The number of hydrogen-bond acceptors (Lipinski definition) is 6. The first-order chi connectivity index (χ1) is 13.7. The van der Waals surface area contributed by atoms with Crippen molar-refractivity contribution in [3.8, 4) is 23.0 Å². The summed E-state index contributed by atoms with van der Waals surface area (Å²) >= 11 is 0. The first-order valence-electron chi connectivity index (χ1n) is 9.22. The van der Waals surface area contributed by atoms with Gasteiger partial charge < -0.3 is 28.4 Å². The zero-order valence-electron chi connectivity index (χ0n) is 17.9. The van der Waals surface area contributed by atoms with Crippen LogP contribution >= 0.6 is 0 Å². The van der Waals surface area contributed by atoms with Gasteiger partial charge in [0.1, 0.15) is 6.10 Å². The highest BCUT2D eigenvalue weighted by atomic mass is 16.5. The summed E-state index contributed by atoms with van der Waals surface area (Å²) in [4.78, 5) is 0. The lowest BCUT2D eigenvalue weighted by Gasteiger charge is -2.21. The monoisotopic (exact) mass is 392 g/mol. The van der Waals surface area contributed by atoms with Crippen LogP contribution in [-0.4, -0.2) is 48.8 Å².